The van der Waals surface area contributed by atoms with E-state index in [-0.39, 0.29) is 0 Å². The lowest BCUT2D eigenvalue weighted by molar-refractivity contribution is 0.391. The number of rotatable bonds is 6. The molecule has 1 N–H and O–H groups in total. The summed E-state index contributed by atoms with van der Waals surface area (Å²) < 4.78 is 8.33. The highest BCUT2D eigenvalue weighted by Gasteiger charge is 2.14. The van der Waals surface area contributed by atoms with Crippen molar-refractivity contribution in [2.24, 2.45) is 0 Å². The van der Waals surface area contributed by atoms with Crippen LogP contribution in [0.3, 0.4) is 0 Å². The maximum atomic E-state index is 5.17. The van der Waals surface area contributed by atoms with E-state index in [2.05, 4.69) is 45.3 Å². The molecule has 0 atom stereocenters. The zero-order valence-electron chi connectivity index (χ0n) is 12.5. The summed E-state index contributed by atoms with van der Waals surface area (Å²) in [6, 6.07) is 0. The van der Waals surface area contributed by atoms with Crippen molar-refractivity contribution in [2.75, 3.05) is 0 Å². The summed E-state index contributed by atoms with van der Waals surface area (Å²) in [5.74, 6) is 0.882. The van der Waals surface area contributed by atoms with Crippen LogP contribution in [-0.2, 0) is 26.1 Å². The molecule has 2 aromatic rings. The van der Waals surface area contributed by atoms with E-state index >= 15 is 0 Å². The van der Waals surface area contributed by atoms with Crippen LogP contribution in [0, 0.1) is 13.8 Å². The molecule has 0 spiro atoms. The van der Waals surface area contributed by atoms with E-state index in [1.165, 1.54) is 5.69 Å². The second kappa shape index (κ2) is 6.54. The minimum atomic E-state index is 0.754. The van der Waals surface area contributed by atoms with Gasteiger partial charge in [-0.1, -0.05) is 12.1 Å². The lowest BCUT2D eigenvalue weighted by atomic mass is 10.2. The third-order valence-corrected chi connectivity index (χ3v) is 4.38. The summed E-state index contributed by atoms with van der Waals surface area (Å²) in [7, 11) is 0. The van der Waals surface area contributed by atoms with E-state index in [9.17, 15) is 0 Å². The van der Waals surface area contributed by atoms with Crippen LogP contribution >= 0.6 is 15.9 Å². The van der Waals surface area contributed by atoms with Crippen LogP contribution in [0.4, 0.5) is 0 Å². The number of hydrogen-bond donors (Lipinski definition) is 1. The smallest absolute Gasteiger partial charge is 0.138 e. The monoisotopic (exact) mass is 340 g/mol. The third kappa shape index (κ3) is 2.96. The minimum absolute atomic E-state index is 0.754. The second-order valence-electron chi connectivity index (χ2n) is 4.78. The molecule has 2 heterocycles. The summed E-state index contributed by atoms with van der Waals surface area (Å²) in [4.78, 5) is 0. The first-order valence-electron chi connectivity index (χ1n) is 6.94. The molecule has 0 aliphatic carbocycles. The average Bonchev–Trinajstić information content (AvgIpc) is 2.92. The number of halogens is 1. The van der Waals surface area contributed by atoms with Gasteiger partial charge in [-0.05, 0) is 43.1 Å². The highest BCUT2D eigenvalue weighted by molar-refractivity contribution is 9.10. The Balaban J connectivity index is 2.06. The van der Waals surface area contributed by atoms with Gasteiger partial charge in [0.15, 0.2) is 0 Å². The molecule has 0 aliphatic rings. The van der Waals surface area contributed by atoms with Crippen LogP contribution in [0.25, 0.3) is 0 Å². The predicted molar refractivity (Wildman–Crippen MR) is 81.5 cm³/mol. The summed E-state index contributed by atoms with van der Waals surface area (Å²) in [6.07, 6.45) is 0.935. The third-order valence-electron chi connectivity index (χ3n) is 3.47. The first-order valence-corrected chi connectivity index (χ1v) is 7.74. The summed E-state index contributed by atoms with van der Waals surface area (Å²) in [5.41, 5.74) is 4.39. The van der Waals surface area contributed by atoms with Gasteiger partial charge >= 0.3 is 0 Å². The zero-order chi connectivity index (χ0) is 14.7. The number of hydrogen-bond acceptors (Lipinski definition) is 4. The van der Waals surface area contributed by atoms with Gasteiger partial charge in [0.25, 0.3) is 0 Å². The van der Waals surface area contributed by atoms with Crippen molar-refractivity contribution in [3.63, 3.8) is 0 Å². The molecule has 0 amide bonds. The first kappa shape index (κ1) is 15.3. The molecule has 0 aliphatic heterocycles. The summed E-state index contributed by atoms with van der Waals surface area (Å²) >= 11 is 3.66. The number of nitrogens with zero attached hydrogens (tertiary/aromatic N) is 3. The Hall–Kier alpha value is -1.14. The zero-order valence-corrected chi connectivity index (χ0v) is 14.0. The molecule has 0 saturated heterocycles. The average molecular weight is 341 g/mol. The molecule has 20 heavy (non-hydrogen) atoms. The van der Waals surface area contributed by atoms with E-state index in [0.717, 1.165) is 53.2 Å². The van der Waals surface area contributed by atoms with Crippen molar-refractivity contribution in [3.8, 4) is 0 Å². The normalized spacial score (nSPS) is 11.2. The minimum Gasteiger partial charge on any atom is -0.361 e. The largest absolute Gasteiger partial charge is 0.361 e. The molecule has 0 radical (unpaired) electrons. The molecule has 0 bridgehead atoms. The molecule has 110 valence electrons. The summed E-state index contributed by atoms with van der Waals surface area (Å²) in [5, 5.41) is 12.0. The Labute approximate surface area is 127 Å². The van der Waals surface area contributed by atoms with Crippen molar-refractivity contribution in [1.82, 2.24) is 20.3 Å². The standard InChI is InChI=1S/C14H21BrN4O/c1-5-12-14(15)13(19(6-2)17-12)8-16-7-11-9(3)18-20-10(11)4/h16H,5-8H2,1-4H3. The van der Waals surface area contributed by atoms with Gasteiger partial charge in [0, 0.05) is 25.2 Å². The molecule has 5 nitrogen and oxygen atoms in total. The Morgan fingerprint density at radius 2 is 2.00 bits per heavy atom. The maximum Gasteiger partial charge on any atom is 0.138 e. The van der Waals surface area contributed by atoms with E-state index in [1.807, 2.05) is 18.5 Å². The molecule has 2 rings (SSSR count). The molecule has 6 heteroatoms. The fourth-order valence-corrected chi connectivity index (χ4v) is 2.95. The molecule has 2 aromatic heterocycles. The Morgan fingerprint density at radius 3 is 2.55 bits per heavy atom. The van der Waals surface area contributed by atoms with Crippen molar-refractivity contribution < 1.29 is 4.52 Å². The van der Waals surface area contributed by atoms with Gasteiger partial charge in [0.2, 0.25) is 0 Å². The van der Waals surface area contributed by atoms with Crippen LogP contribution in [0.5, 0.6) is 0 Å². The molecular formula is C14H21BrN4O. The van der Waals surface area contributed by atoms with Gasteiger partial charge < -0.3 is 9.84 Å². The maximum absolute atomic E-state index is 5.17. The number of aromatic nitrogens is 3. The number of nitrogens with one attached hydrogen (secondary N) is 1. The van der Waals surface area contributed by atoms with Crippen molar-refractivity contribution in [2.45, 2.75) is 53.8 Å². The van der Waals surface area contributed by atoms with Crippen LogP contribution in [0.15, 0.2) is 9.00 Å². The van der Waals surface area contributed by atoms with Gasteiger partial charge in [0.1, 0.15) is 5.76 Å². The topological polar surface area (TPSA) is 55.9 Å². The molecule has 0 unspecified atom stereocenters. The molecule has 0 saturated carbocycles. The fourth-order valence-electron chi connectivity index (χ4n) is 2.25. The van der Waals surface area contributed by atoms with E-state index in [4.69, 9.17) is 4.52 Å². The van der Waals surface area contributed by atoms with Gasteiger partial charge in [-0.2, -0.15) is 5.10 Å². The highest BCUT2D eigenvalue weighted by atomic mass is 79.9. The predicted octanol–water partition coefficient (Wildman–Crippen LogP) is 3.12. The molecule has 0 fully saturated rings. The summed E-state index contributed by atoms with van der Waals surface area (Å²) in [6.45, 7) is 10.5. The quantitative estimate of drug-likeness (QED) is 0.877. The second-order valence-corrected chi connectivity index (χ2v) is 5.58. The number of aryl methyl sites for hydroxylation is 4. The highest BCUT2D eigenvalue weighted by Crippen LogP contribution is 2.22. The van der Waals surface area contributed by atoms with Gasteiger partial charge in [-0.3, -0.25) is 4.68 Å². The van der Waals surface area contributed by atoms with Crippen LogP contribution in [-0.4, -0.2) is 14.9 Å². The lowest BCUT2D eigenvalue weighted by Crippen LogP contribution is -2.17. The molecule has 0 aromatic carbocycles. The SMILES string of the molecule is CCc1nn(CC)c(CNCc2c(C)noc2C)c1Br. The van der Waals surface area contributed by atoms with Gasteiger partial charge in [-0.25, -0.2) is 0 Å². The van der Waals surface area contributed by atoms with Crippen molar-refractivity contribution in [1.29, 1.82) is 0 Å². The van der Waals surface area contributed by atoms with Gasteiger partial charge in [-0.15, -0.1) is 0 Å². The van der Waals surface area contributed by atoms with Crippen molar-refractivity contribution in [3.05, 3.63) is 32.9 Å². The van der Waals surface area contributed by atoms with Crippen LogP contribution in [0.1, 0.15) is 42.3 Å². The Morgan fingerprint density at radius 1 is 1.25 bits per heavy atom. The lowest BCUT2D eigenvalue weighted by Gasteiger charge is -2.07. The van der Waals surface area contributed by atoms with Gasteiger partial charge in [0.05, 0.1) is 21.6 Å². The fraction of sp³-hybridized carbons (Fsp3) is 0.571. The Kier molecular flexibility index (Phi) is 4.99. The van der Waals surface area contributed by atoms with Crippen molar-refractivity contribution >= 4 is 15.9 Å². The van der Waals surface area contributed by atoms with E-state index in [0.29, 0.717) is 0 Å². The molecular weight excluding hydrogens is 320 g/mol. The van der Waals surface area contributed by atoms with E-state index < -0.39 is 0 Å². The van der Waals surface area contributed by atoms with Crippen LogP contribution < -0.4 is 5.32 Å². The Bertz CT molecular complexity index is 569. The van der Waals surface area contributed by atoms with E-state index in [1.54, 1.807) is 0 Å². The first-order chi connectivity index (χ1) is 9.58. The van der Waals surface area contributed by atoms with Crippen LogP contribution in [0.2, 0.25) is 0 Å².